The third kappa shape index (κ3) is 5.11. The van der Waals surface area contributed by atoms with Gasteiger partial charge in [0.1, 0.15) is 5.52 Å². The predicted molar refractivity (Wildman–Crippen MR) is 125 cm³/mol. The molecule has 1 aliphatic heterocycles. The molecular weight excluding hydrogens is 417 g/mol. The molecule has 3 aromatic rings. The van der Waals surface area contributed by atoms with Gasteiger partial charge in [-0.05, 0) is 61.4 Å². The molecule has 0 amide bonds. The van der Waals surface area contributed by atoms with E-state index in [-0.39, 0.29) is 0 Å². The molecule has 2 heterocycles. The summed E-state index contributed by atoms with van der Waals surface area (Å²) in [6.07, 6.45) is 4.58. The Morgan fingerprint density at radius 1 is 1.13 bits per heavy atom. The van der Waals surface area contributed by atoms with E-state index < -0.39 is 0 Å². The zero-order chi connectivity index (χ0) is 21.1. The summed E-state index contributed by atoms with van der Waals surface area (Å²) in [4.78, 5) is 4.58. The molecule has 1 fully saturated rings. The Morgan fingerprint density at radius 2 is 1.90 bits per heavy atom. The average molecular weight is 447 g/mol. The second kappa shape index (κ2) is 9.17. The van der Waals surface area contributed by atoms with Gasteiger partial charge >= 0.3 is 0 Å². The third-order valence-electron chi connectivity index (χ3n) is 6.44. The number of aromatic nitrogens is 1. The number of likely N-dealkylation sites (tertiary alicyclic amines) is 1. The largest absolute Gasteiger partial charge is 0.424 e. The monoisotopic (exact) mass is 446 g/mol. The molecule has 160 valence electrons. The first kappa shape index (κ1) is 21.5. The topological polar surface area (TPSA) is 38.1 Å². The Hall–Kier alpha value is -1.75. The molecule has 0 radical (unpaired) electrons. The van der Waals surface area contributed by atoms with Crippen LogP contribution >= 0.6 is 23.2 Å². The van der Waals surface area contributed by atoms with E-state index in [0.717, 1.165) is 35.0 Å². The number of nitrogens with one attached hydrogen (secondary N) is 1. The number of quaternary nitrogens is 1. The summed E-state index contributed by atoms with van der Waals surface area (Å²) in [5, 5.41) is 4.82. The maximum atomic E-state index is 6.19. The normalized spacial score (nSPS) is 22.9. The minimum Gasteiger partial charge on any atom is -0.424 e. The maximum Gasteiger partial charge on any atom is 0.296 e. The molecule has 1 atom stereocenters. The van der Waals surface area contributed by atoms with Gasteiger partial charge in [-0.1, -0.05) is 48.3 Å². The molecule has 1 N–H and O–H groups in total. The number of para-hydroxylation sites is 2. The fourth-order valence-corrected chi connectivity index (χ4v) is 4.87. The average Bonchev–Trinajstić information content (AvgIpc) is 3.14. The number of halogens is 2. The van der Waals surface area contributed by atoms with Crippen LogP contribution in [0.1, 0.15) is 31.7 Å². The molecule has 6 heteroatoms. The van der Waals surface area contributed by atoms with E-state index in [1.807, 2.05) is 36.4 Å². The SMILES string of the molecule is CCC(C[N+]1(C)CCC(Cc2ccc(Cl)c(Cl)c2)CC1)Nc1nc2ccccc2o1. The zero-order valence-electron chi connectivity index (χ0n) is 17.7. The molecule has 0 bridgehead atoms. The molecule has 1 saturated heterocycles. The minimum absolute atomic E-state index is 0.342. The molecule has 1 unspecified atom stereocenters. The lowest BCUT2D eigenvalue weighted by Gasteiger charge is -2.42. The van der Waals surface area contributed by atoms with Crippen LogP contribution in [0.4, 0.5) is 6.01 Å². The van der Waals surface area contributed by atoms with Gasteiger partial charge in [0.05, 0.1) is 42.8 Å². The van der Waals surface area contributed by atoms with Crippen LogP contribution in [0, 0.1) is 5.92 Å². The smallest absolute Gasteiger partial charge is 0.296 e. The summed E-state index contributed by atoms with van der Waals surface area (Å²) in [5.74, 6) is 0.707. The van der Waals surface area contributed by atoms with Gasteiger partial charge in [-0.3, -0.25) is 0 Å². The van der Waals surface area contributed by atoms with Crippen molar-refractivity contribution in [2.24, 2.45) is 5.92 Å². The number of benzene rings is 2. The number of fused-ring (bicyclic) bond motifs is 1. The van der Waals surface area contributed by atoms with Crippen molar-refractivity contribution in [3.05, 3.63) is 58.1 Å². The predicted octanol–water partition coefficient (Wildman–Crippen LogP) is 6.42. The van der Waals surface area contributed by atoms with Crippen LogP contribution < -0.4 is 5.32 Å². The van der Waals surface area contributed by atoms with Crippen LogP contribution in [0.15, 0.2) is 46.9 Å². The van der Waals surface area contributed by atoms with Crippen LogP contribution in [-0.4, -0.2) is 42.2 Å². The lowest BCUT2D eigenvalue weighted by Crippen LogP contribution is -2.54. The fourth-order valence-electron chi connectivity index (χ4n) is 4.55. The Balaban J connectivity index is 1.32. The van der Waals surface area contributed by atoms with Gasteiger partial charge in [0.15, 0.2) is 5.58 Å². The lowest BCUT2D eigenvalue weighted by molar-refractivity contribution is -0.915. The van der Waals surface area contributed by atoms with Gasteiger partial charge in [0, 0.05) is 0 Å². The Kier molecular flexibility index (Phi) is 6.57. The Bertz CT molecular complexity index is 962. The van der Waals surface area contributed by atoms with Gasteiger partial charge in [-0.2, -0.15) is 4.98 Å². The number of anilines is 1. The van der Waals surface area contributed by atoms with Crippen molar-refractivity contribution in [1.82, 2.24) is 4.98 Å². The molecule has 4 nitrogen and oxygen atoms in total. The van der Waals surface area contributed by atoms with Crippen molar-refractivity contribution in [3.63, 3.8) is 0 Å². The van der Waals surface area contributed by atoms with E-state index >= 15 is 0 Å². The highest BCUT2D eigenvalue weighted by Crippen LogP contribution is 2.29. The van der Waals surface area contributed by atoms with Crippen molar-refractivity contribution in [2.45, 2.75) is 38.6 Å². The molecule has 1 aliphatic rings. The second-order valence-electron chi connectivity index (χ2n) is 8.88. The highest BCUT2D eigenvalue weighted by molar-refractivity contribution is 6.42. The molecule has 2 aromatic carbocycles. The van der Waals surface area contributed by atoms with Gasteiger partial charge in [-0.25, -0.2) is 0 Å². The molecule has 4 rings (SSSR count). The minimum atomic E-state index is 0.342. The number of oxazole rings is 1. The van der Waals surface area contributed by atoms with Crippen molar-refractivity contribution in [3.8, 4) is 0 Å². The van der Waals surface area contributed by atoms with Crippen molar-refractivity contribution in [2.75, 3.05) is 32.0 Å². The van der Waals surface area contributed by atoms with Crippen LogP contribution in [-0.2, 0) is 6.42 Å². The summed E-state index contributed by atoms with van der Waals surface area (Å²) in [6, 6.07) is 14.9. The number of hydrogen-bond donors (Lipinski definition) is 1. The first-order valence-electron chi connectivity index (χ1n) is 10.8. The van der Waals surface area contributed by atoms with E-state index in [1.165, 1.54) is 31.5 Å². The van der Waals surface area contributed by atoms with Gasteiger partial charge < -0.3 is 14.2 Å². The van der Waals surface area contributed by atoms with E-state index in [1.54, 1.807) is 0 Å². The Labute approximate surface area is 188 Å². The van der Waals surface area contributed by atoms with E-state index in [9.17, 15) is 0 Å². The first-order valence-corrected chi connectivity index (χ1v) is 11.6. The van der Waals surface area contributed by atoms with Crippen LogP contribution in [0.3, 0.4) is 0 Å². The van der Waals surface area contributed by atoms with Gasteiger partial charge in [-0.15, -0.1) is 0 Å². The quantitative estimate of drug-likeness (QED) is 0.425. The number of rotatable bonds is 7. The van der Waals surface area contributed by atoms with E-state index in [4.69, 9.17) is 27.6 Å². The molecular formula is C24H30Cl2N3O+. The number of likely N-dealkylation sites (N-methyl/N-ethyl adjacent to an activating group) is 1. The van der Waals surface area contributed by atoms with Crippen molar-refractivity contribution >= 4 is 40.3 Å². The van der Waals surface area contributed by atoms with E-state index in [0.29, 0.717) is 28.0 Å². The van der Waals surface area contributed by atoms with Crippen molar-refractivity contribution in [1.29, 1.82) is 0 Å². The van der Waals surface area contributed by atoms with Gasteiger partial charge in [0.25, 0.3) is 6.01 Å². The Morgan fingerprint density at radius 3 is 2.60 bits per heavy atom. The number of piperidine rings is 1. The van der Waals surface area contributed by atoms with Crippen molar-refractivity contribution < 1.29 is 8.90 Å². The standard InChI is InChI=1S/C24H30Cl2N3O/c1-3-19(27-24-28-22-6-4-5-7-23(22)30-24)16-29(2)12-10-17(11-13-29)14-18-8-9-20(25)21(26)15-18/h4-9,15,17,19H,3,10-14,16H2,1-2H3,(H,27,28)/q+1. The summed E-state index contributed by atoms with van der Waals surface area (Å²) < 4.78 is 6.96. The first-order chi connectivity index (χ1) is 14.4. The molecule has 30 heavy (non-hydrogen) atoms. The zero-order valence-corrected chi connectivity index (χ0v) is 19.2. The van der Waals surface area contributed by atoms with Crippen LogP contribution in [0.2, 0.25) is 10.0 Å². The number of nitrogens with zero attached hydrogens (tertiary/aromatic N) is 2. The molecule has 0 saturated carbocycles. The highest BCUT2D eigenvalue weighted by atomic mass is 35.5. The van der Waals surface area contributed by atoms with Gasteiger partial charge in [0.2, 0.25) is 0 Å². The lowest BCUT2D eigenvalue weighted by atomic mass is 9.89. The summed E-state index contributed by atoms with van der Waals surface area (Å²) in [5.41, 5.74) is 3.02. The van der Waals surface area contributed by atoms with Crippen LogP contribution in [0.25, 0.3) is 11.1 Å². The summed E-state index contributed by atoms with van der Waals surface area (Å²) in [7, 11) is 2.38. The second-order valence-corrected chi connectivity index (χ2v) is 9.70. The molecule has 0 spiro atoms. The number of hydrogen-bond acceptors (Lipinski definition) is 3. The summed E-state index contributed by atoms with van der Waals surface area (Å²) >= 11 is 12.2. The molecule has 0 aliphatic carbocycles. The third-order valence-corrected chi connectivity index (χ3v) is 7.18. The maximum absolute atomic E-state index is 6.19. The molecule has 1 aromatic heterocycles. The highest BCUT2D eigenvalue weighted by Gasteiger charge is 2.32. The fraction of sp³-hybridized carbons (Fsp3) is 0.458. The van der Waals surface area contributed by atoms with Crippen LogP contribution in [0.5, 0.6) is 0 Å². The summed E-state index contributed by atoms with van der Waals surface area (Å²) in [6.45, 7) is 5.69. The van der Waals surface area contributed by atoms with E-state index in [2.05, 4.69) is 30.3 Å².